The van der Waals surface area contributed by atoms with Gasteiger partial charge in [0.15, 0.2) is 17.4 Å². The lowest BCUT2D eigenvalue weighted by Gasteiger charge is -2.40. The third-order valence-electron chi connectivity index (χ3n) is 10.8. The highest BCUT2D eigenvalue weighted by Gasteiger charge is 2.48. The molecule has 2 unspecified atom stereocenters. The molecule has 258 valence electrons. The van der Waals surface area contributed by atoms with Gasteiger partial charge in [0, 0.05) is 30.5 Å². The van der Waals surface area contributed by atoms with E-state index in [1.165, 1.54) is 6.07 Å². The number of unbranched alkanes of at least 4 members (excludes halogenated alkanes) is 2. The number of pyridine rings is 1. The molecule has 3 aliphatic rings. The number of nitrogens with zero attached hydrogens (tertiary/aromatic N) is 5. The Labute approximate surface area is 286 Å². The van der Waals surface area contributed by atoms with E-state index >= 15 is 13.2 Å². The third kappa shape index (κ3) is 5.74. The van der Waals surface area contributed by atoms with Crippen molar-refractivity contribution < 1.29 is 22.6 Å². The van der Waals surface area contributed by atoms with Crippen LogP contribution in [-0.2, 0) is 0 Å². The number of hydrogen-bond acceptors (Lipinski definition) is 7. The normalized spacial score (nSPS) is 23.7. The number of halogens is 3. The van der Waals surface area contributed by atoms with Gasteiger partial charge < -0.3 is 14.4 Å². The standard InChI is InChI=1S/C39H44F3N5O2/c1-6-9-10-17-47-35-31-34(44-37(45-35)49-23-38-14-11-16-46(38)22-25(5)21-38)32(41)33(43-36(31)48-18-15-39(47,42)8-3)28-20-24(4)19-26-12-13-29(40)27(7-2)30(26)28/h2,12-13,19-20,25H,6,8-11,14-18,21-23H2,1,3-5H3/t25?,38-,39?/m0/s1. The highest BCUT2D eigenvalue weighted by atomic mass is 19.1. The van der Waals surface area contributed by atoms with E-state index in [0.29, 0.717) is 35.4 Å². The smallest absolute Gasteiger partial charge is 0.319 e. The molecule has 4 aromatic rings. The van der Waals surface area contributed by atoms with E-state index in [-0.39, 0.29) is 64.9 Å². The quantitative estimate of drug-likeness (QED) is 0.100. The van der Waals surface area contributed by atoms with Gasteiger partial charge in [-0.1, -0.05) is 51.7 Å². The maximum absolute atomic E-state index is 17.3. The molecule has 0 aliphatic carbocycles. The largest absolute Gasteiger partial charge is 0.477 e. The zero-order chi connectivity index (χ0) is 34.5. The van der Waals surface area contributed by atoms with Gasteiger partial charge in [0.05, 0.1) is 17.7 Å². The van der Waals surface area contributed by atoms with Crippen molar-refractivity contribution in [3.05, 3.63) is 47.0 Å². The molecule has 2 fully saturated rings. The number of hydrogen-bond donors (Lipinski definition) is 0. The molecule has 2 saturated heterocycles. The summed E-state index contributed by atoms with van der Waals surface area (Å²) in [7, 11) is 0. The second-order valence-electron chi connectivity index (χ2n) is 14.2. The fourth-order valence-corrected chi connectivity index (χ4v) is 8.41. The molecule has 7 nitrogen and oxygen atoms in total. The molecule has 49 heavy (non-hydrogen) atoms. The molecule has 0 saturated carbocycles. The summed E-state index contributed by atoms with van der Waals surface area (Å²) < 4.78 is 61.9. The minimum atomic E-state index is -1.80. The van der Waals surface area contributed by atoms with Crippen LogP contribution in [0.25, 0.3) is 32.9 Å². The predicted molar refractivity (Wildman–Crippen MR) is 187 cm³/mol. The van der Waals surface area contributed by atoms with E-state index in [0.717, 1.165) is 57.2 Å². The number of ether oxygens (including phenoxy) is 2. The van der Waals surface area contributed by atoms with Crippen LogP contribution >= 0.6 is 0 Å². The van der Waals surface area contributed by atoms with Gasteiger partial charge in [-0.2, -0.15) is 9.97 Å². The number of anilines is 1. The van der Waals surface area contributed by atoms with Gasteiger partial charge in [-0.25, -0.2) is 18.2 Å². The third-order valence-corrected chi connectivity index (χ3v) is 10.8. The number of aromatic nitrogens is 3. The van der Waals surface area contributed by atoms with E-state index in [9.17, 15) is 0 Å². The van der Waals surface area contributed by atoms with Crippen LogP contribution in [0.15, 0.2) is 24.3 Å². The average Bonchev–Trinajstić information content (AvgIpc) is 3.61. The van der Waals surface area contributed by atoms with Gasteiger partial charge >= 0.3 is 6.01 Å². The first-order valence-corrected chi connectivity index (χ1v) is 17.7. The summed E-state index contributed by atoms with van der Waals surface area (Å²) in [5.74, 6) is 0.136. The Morgan fingerprint density at radius 1 is 1.10 bits per heavy atom. The monoisotopic (exact) mass is 671 g/mol. The van der Waals surface area contributed by atoms with E-state index < -0.39 is 17.4 Å². The topological polar surface area (TPSA) is 63.6 Å². The first kappa shape index (κ1) is 33.4. The van der Waals surface area contributed by atoms with Crippen LogP contribution in [0.2, 0.25) is 0 Å². The predicted octanol–water partition coefficient (Wildman–Crippen LogP) is 8.52. The van der Waals surface area contributed by atoms with Gasteiger partial charge in [0.25, 0.3) is 0 Å². The molecule has 3 atom stereocenters. The lowest BCUT2D eigenvalue weighted by molar-refractivity contribution is 0.102. The van der Waals surface area contributed by atoms with Crippen molar-refractivity contribution in [3.8, 4) is 35.5 Å². The van der Waals surface area contributed by atoms with E-state index in [4.69, 9.17) is 25.9 Å². The number of rotatable bonds is 9. The zero-order valence-electron chi connectivity index (χ0n) is 28.8. The van der Waals surface area contributed by atoms with Crippen LogP contribution in [0, 0.1) is 36.8 Å². The molecule has 2 aromatic carbocycles. The molecule has 0 amide bonds. The zero-order valence-corrected chi connectivity index (χ0v) is 28.8. The summed E-state index contributed by atoms with van der Waals surface area (Å²) in [5, 5.41) is 1.21. The second-order valence-corrected chi connectivity index (χ2v) is 14.2. The SMILES string of the molecule is C#Cc1c(F)ccc2cc(C)cc(-c3nc4c5c(nc(OC[C@@]67CCCN6CC(C)C7)nc5c3F)N(CCCCC)C(F)(CC)CCO4)c12. The van der Waals surface area contributed by atoms with Gasteiger partial charge in [-0.3, -0.25) is 4.90 Å². The second kappa shape index (κ2) is 13.0. The Balaban J connectivity index is 1.47. The van der Waals surface area contributed by atoms with Crippen molar-refractivity contribution in [1.29, 1.82) is 0 Å². The summed E-state index contributed by atoms with van der Waals surface area (Å²) in [6, 6.07) is 6.53. The average molecular weight is 672 g/mol. The van der Waals surface area contributed by atoms with E-state index in [1.807, 2.05) is 13.0 Å². The molecule has 7 rings (SSSR count). The van der Waals surface area contributed by atoms with Crippen LogP contribution < -0.4 is 14.4 Å². The molecule has 10 heteroatoms. The summed E-state index contributed by atoms with van der Waals surface area (Å²) in [6.07, 6.45) is 11.7. The molecule has 0 bridgehead atoms. The minimum Gasteiger partial charge on any atom is -0.477 e. The molecular weight excluding hydrogens is 627 g/mol. The Morgan fingerprint density at radius 3 is 2.71 bits per heavy atom. The Morgan fingerprint density at radius 2 is 1.94 bits per heavy atom. The van der Waals surface area contributed by atoms with E-state index in [1.54, 1.807) is 24.0 Å². The van der Waals surface area contributed by atoms with Gasteiger partial charge in [0.1, 0.15) is 29.0 Å². The molecule has 0 radical (unpaired) electrons. The first-order chi connectivity index (χ1) is 23.6. The Kier molecular flexibility index (Phi) is 8.85. The van der Waals surface area contributed by atoms with Crippen molar-refractivity contribution in [2.45, 2.75) is 90.4 Å². The minimum absolute atomic E-state index is 0.00875. The summed E-state index contributed by atoms with van der Waals surface area (Å²) in [6.45, 7) is 10.8. The van der Waals surface area contributed by atoms with Crippen LogP contribution in [0.5, 0.6) is 11.9 Å². The molecule has 0 spiro atoms. The summed E-state index contributed by atoms with van der Waals surface area (Å²) in [4.78, 5) is 18.4. The van der Waals surface area contributed by atoms with Crippen molar-refractivity contribution in [2.24, 2.45) is 5.92 Å². The Hall–Kier alpha value is -4.10. The molecule has 5 heterocycles. The highest BCUT2D eigenvalue weighted by Crippen LogP contribution is 2.46. The number of benzene rings is 2. The summed E-state index contributed by atoms with van der Waals surface area (Å²) in [5.41, 5.74) is 0.842. The van der Waals surface area contributed by atoms with Crippen molar-refractivity contribution in [1.82, 2.24) is 19.9 Å². The van der Waals surface area contributed by atoms with Gasteiger partial charge in [-0.15, -0.1) is 6.42 Å². The number of alkyl halides is 1. The number of fused-ring (bicyclic) bond motifs is 2. The fraction of sp³-hybridized carbons (Fsp3) is 0.513. The summed E-state index contributed by atoms with van der Waals surface area (Å²) >= 11 is 0. The highest BCUT2D eigenvalue weighted by molar-refractivity contribution is 6.03. The number of terminal acetylenes is 1. The van der Waals surface area contributed by atoms with Crippen molar-refractivity contribution in [2.75, 3.05) is 37.7 Å². The lowest BCUT2D eigenvalue weighted by atomic mass is 9.92. The number of aryl methyl sites for hydroxylation is 1. The van der Waals surface area contributed by atoms with E-state index in [2.05, 4.69) is 29.7 Å². The van der Waals surface area contributed by atoms with Gasteiger partial charge in [0.2, 0.25) is 5.88 Å². The van der Waals surface area contributed by atoms with Crippen LogP contribution in [-0.4, -0.2) is 64.0 Å². The molecule has 3 aliphatic heterocycles. The fourth-order valence-electron chi connectivity index (χ4n) is 8.41. The molecule has 2 aromatic heterocycles. The maximum Gasteiger partial charge on any atom is 0.319 e. The Bertz CT molecular complexity index is 1960. The van der Waals surface area contributed by atoms with Crippen LogP contribution in [0.1, 0.15) is 83.3 Å². The molecule has 0 N–H and O–H groups in total. The lowest BCUT2D eigenvalue weighted by Crippen LogP contribution is -2.48. The van der Waals surface area contributed by atoms with Crippen molar-refractivity contribution in [3.63, 3.8) is 0 Å². The van der Waals surface area contributed by atoms with Crippen LogP contribution in [0.3, 0.4) is 0 Å². The van der Waals surface area contributed by atoms with Crippen molar-refractivity contribution >= 4 is 27.5 Å². The molecular formula is C39H44F3N5O2. The van der Waals surface area contributed by atoms with Gasteiger partial charge in [-0.05, 0) is 74.6 Å². The first-order valence-electron chi connectivity index (χ1n) is 17.7. The van der Waals surface area contributed by atoms with Crippen LogP contribution in [0.4, 0.5) is 19.0 Å². The maximum atomic E-state index is 17.3.